The average Bonchev–Trinajstić information content (AvgIpc) is 3.12. The molecular weight excluding hydrogens is 398 g/mol. The van der Waals surface area contributed by atoms with Gasteiger partial charge in [0.1, 0.15) is 6.61 Å². The lowest BCUT2D eigenvalue weighted by Crippen LogP contribution is -3.05. The van der Waals surface area contributed by atoms with Gasteiger partial charge >= 0.3 is 0 Å². The summed E-state index contributed by atoms with van der Waals surface area (Å²) in [5, 5.41) is 0.719. The average molecular weight is 427 g/mol. The Morgan fingerprint density at radius 3 is 2.70 bits per heavy atom. The number of rotatable bonds is 6. The maximum atomic E-state index is 13.5. The molecule has 0 spiro atoms. The van der Waals surface area contributed by atoms with Crippen molar-refractivity contribution in [3.63, 3.8) is 0 Å². The summed E-state index contributed by atoms with van der Waals surface area (Å²) in [5.41, 5.74) is 3.36. The van der Waals surface area contributed by atoms with Gasteiger partial charge in [-0.05, 0) is 49.2 Å². The fourth-order valence-corrected chi connectivity index (χ4v) is 4.57. The molecule has 1 atom stereocenters. The maximum Gasteiger partial charge on any atom is 0.273 e. The SMILES string of the molecule is Cc1cc2nc(N(CCC[NH+](C)C)C(=O)[C@@H]3COc4ccccc4O3)sc2cc1C. The molecule has 1 aromatic heterocycles. The van der Waals surface area contributed by atoms with Crippen LogP contribution >= 0.6 is 11.3 Å². The third-order valence-corrected chi connectivity index (χ3v) is 6.37. The number of carbonyl (C=O) groups is 1. The number of hydrogen-bond acceptors (Lipinski definition) is 5. The zero-order valence-corrected chi connectivity index (χ0v) is 18.7. The van der Waals surface area contributed by atoms with Gasteiger partial charge in [0.25, 0.3) is 5.91 Å². The summed E-state index contributed by atoms with van der Waals surface area (Å²) in [5.74, 6) is 1.18. The molecule has 158 valence electrons. The minimum Gasteiger partial charge on any atom is -0.485 e. The van der Waals surface area contributed by atoms with E-state index >= 15 is 0 Å². The van der Waals surface area contributed by atoms with Crippen LogP contribution in [0.15, 0.2) is 36.4 Å². The van der Waals surface area contributed by atoms with Gasteiger partial charge in [0, 0.05) is 13.0 Å². The van der Waals surface area contributed by atoms with Gasteiger partial charge in [-0.3, -0.25) is 9.69 Å². The molecule has 4 rings (SSSR count). The number of aryl methyl sites for hydroxylation is 2. The normalized spacial score (nSPS) is 15.6. The van der Waals surface area contributed by atoms with E-state index in [1.807, 2.05) is 24.3 Å². The second kappa shape index (κ2) is 8.62. The van der Waals surface area contributed by atoms with Crippen molar-refractivity contribution in [2.24, 2.45) is 0 Å². The van der Waals surface area contributed by atoms with Crippen molar-refractivity contribution < 1.29 is 19.2 Å². The van der Waals surface area contributed by atoms with Gasteiger partial charge in [-0.1, -0.05) is 23.5 Å². The van der Waals surface area contributed by atoms with E-state index in [0.717, 1.165) is 28.3 Å². The molecule has 3 aromatic rings. The number of benzene rings is 2. The molecule has 0 bridgehead atoms. The van der Waals surface area contributed by atoms with E-state index in [9.17, 15) is 4.79 Å². The highest BCUT2D eigenvalue weighted by Crippen LogP contribution is 2.34. The standard InChI is InChI=1S/C23H27N3O3S/c1-15-12-17-21(13-16(15)2)30-23(24-17)26(11-7-10-25(3)4)22(27)20-14-28-18-8-5-6-9-19(18)29-20/h5-6,8-9,12-13,20H,7,10-11,14H2,1-4H3/p+1/t20-/m0/s1. The quantitative estimate of drug-likeness (QED) is 0.658. The Labute approximate surface area is 181 Å². The minimum absolute atomic E-state index is 0.106. The monoisotopic (exact) mass is 426 g/mol. The van der Waals surface area contributed by atoms with Gasteiger partial charge in [0.15, 0.2) is 16.6 Å². The number of anilines is 1. The van der Waals surface area contributed by atoms with E-state index in [0.29, 0.717) is 18.0 Å². The smallest absolute Gasteiger partial charge is 0.273 e. The number of amides is 1. The van der Waals surface area contributed by atoms with Crippen molar-refractivity contribution in [3.05, 3.63) is 47.5 Å². The summed E-state index contributed by atoms with van der Waals surface area (Å²) in [6, 6.07) is 11.7. The van der Waals surface area contributed by atoms with Crippen LogP contribution in [0, 0.1) is 13.8 Å². The number of ether oxygens (including phenoxy) is 2. The van der Waals surface area contributed by atoms with E-state index in [1.165, 1.54) is 16.0 Å². The van der Waals surface area contributed by atoms with E-state index < -0.39 is 6.10 Å². The molecule has 6 nitrogen and oxygen atoms in total. The predicted molar refractivity (Wildman–Crippen MR) is 120 cm³/mol. The highest BCUT2D eigenvalue weighted by molar-refractivity contribution is 7.22. The fraction of sp³-hybridized carbons (Fsp3) is 0.391. The van der Waals surface area contributed by atoms with Crippen LogP contribution in [0.4, 0.5) is 5.13 Å². The Bertz CT molecular complexity index is 1020. The Morgan fingerprint density at radius 2 is 1.93 bits per heavy atom. The molecule has 1 N–H and O–H groups in total. The number of para-hydroxylation sites is 2. The third-order valence-electron chi connectivity index (χ3n) is 5.33. The summed E-state index contributed by atoms with van der Waals surface area (Å²) in [6.07, 6.45) is 0.203. The Kier molecular flexibility index (Phi) is 5.92. The zero-order chi connectivity index (χ0) is 21.3. The van der Waals surface area contributed by atoms with Crippen LogP contribution in [0.5, 0.6) is 11.5 Å². The first-order chi connectivity index (χ1) is 14.4. The van der Waals surface area contributed by atoms with E-state index in [4.69, 9.17) is 14.5 Å². The predicted octanol–water partition coefficient (Wildman–Crippen LogP) is 2.62. The number of thiazole rings is 1. The molecule has 0 saturated carbocycles. The van der Waals surface area contributed by atoms with Crippen LogP contribution in [0.25, 0.3) is 10.2 Å². The van der Waals surface area contributed by atoms with Gasteiger partial charge in [-0.2, -0.15) is 0 Å². The van der Waals surface area contributed by atoms with Crippen molar-refractivity contribution in [2.75, 3.05) is 38.7 Å². The summed E-state index contributed by atoms with van der Waals surface area (Å²) < 4.78 is 12.9. The van der Waals surface area contributed by atoms with Crippen LogP contribution in [0.1, 0.15) is 17.5 Å². The van der Waals surface area contributed by atoms with Crippen molar-refractivity contribution in [2.45, 2.75) is 26.4 Å². The molecule has 0 unspecified atom stereocenters. The molecule has 0 aliphatic carbocycles. The molecule has 2 aromatic carbocycles. The first-order valence-electron chi connectivity index (χ1n) is 10.3. The van der Waals surface area contributed by atoms with E-state index in [1.54, 1.807) is 16.2 Å². The lowest BCUT2D eigenvalue weighted by atomic mass is 10.1. The fourth-order valence-electron chi connectivity index (χ4n) is 3.49. The van der Waals surface area contributed by atoms with Crippen LogP contribution in [-0.4, -0.2) is 50.8 Å². The first-order valence-corrected chi connectivity index (χ1v) is 11.1. The number of aromatic nitrogens is 1. The van der Waals surface area contributed by atoms with Crippen molar-refractivity contribution in [3.8, 4) is 11.5 Å². The van der Waals surface area contributed by atoms with Crippen LogP contribution < -0.4 is 19.3 Å². The van der Waals surface area contributed by atoms with Crippen molar-refractivity contribution in [1.82, 2.24) is 4.98 Å². The number of fused-ring (bicyclic) bond motifs is 2. The van der Waals surface area contributed by atoms with Gasteiger partial charge in [0.2, 0.25) is 6.10 Å². The van der Waals surface area contributed by atoms with Crippen LogP contribution in [0.2, 0.25) is 0 Å². The molecule has 2 heterocycles. The highest BCUT2D eigenvalue weighted by Gasteiger charge is 2.33. The van der Waals surface area contributed by atoms with Crippen molar-refractivity contribution in [1.29, 1.82) is 0 Å². The second-order valence-corrected chi connectivity index (χ2v) is 9.07. The number of quaternary nitrogens is 1. The second-order valence-electron chi connectivity index (χ2n) is 8.07. The Morgan fingerprint density at radius 1 is 1.20 bits per heavy atom. The van der Waals surface area contributed by atoms with E-state index in [-0.39, 0.29) is 12.5 Å². The molecule has 30 heavy (non-hydrogen) atoms. The highest BCUT2D eigenvalue weighted by atomic mass is 32.1. The minimum atomic E-state index is -0.679. The molecule has 0 fully saturated rings. The number of carbonyl (C=O) groups excluding carboxylic acids is 1. The molecule has 1 aliphatic rings. The summed E-state index contributed by atoms with van der Waals surface area (Å²) in [4.78, 5) is 21.4. The number of nitrogens with one attached hydrogen (secondary N) is 1. The topological polar surface area (TPSA) is 56.1 Å². The first kappa shape index (κ1) is 20.6. The molecule has 7 heteroatoms. The van der Waals surface area contributed by atoms with Crippen LogP contribution in [-0.2, 0) is 4.79 Å². The maximum absolute atomic E-state index is 13.5. The lowest BCUT2D eigenvalue weighted by Gasteiger charge is -2.29. The van der Waals surface area contributed by atoms with Crippen LogP contribution in [0.3, 0.4) is 0 Å². The molecule has 1 aliphatic heterocycles. The molecule has 0 radical (unpaired) electrons. The van der Waals surface area contributed by atoms with Gasteiger partial charge in [-0.15, -0.1) is 0 Å². The summed E-state index contributed by atoms with van der Waals surface area (Å²) >= 11 is 1.56. The summed E-state index contributed by atoms with van der Waals surface area (Å²) in [7, 11) is 4.23. The molecule has 0 saturated heterocycles. The summed E-state index contributed by atoms with van der Waals surface area (Å²) in [6.45, 7) is 5.96. The van der Waals surface area contributed by atoms with Gasteiger partial charge in [0.05, 0.1) is 30.9 Å². The Hall–Kier alpha value is -2.64. The number of nitrogens with zero attached hydrogens (tertiary/aromatic N) is 2. The van der Waals surface area contributed by atoms with Crippen molar-refractivity contribution >= 4 is 32.6 Å². The molecule has 1 amide bonds. The molecular formula is C23H28N3O3S+. The van der Waals surface area contributed by atoms with Gasteiger partial charge in [-0.25, -0.2) is 4.98 Å². The van der Waals surface area contributed by atoms with E-state index in [2.05, 4.69) is 40.1 Å². The lowest BCUT2D eigenvalue weighted by molar-refractivity contribution is -0.858. The largest absolute Gasteiger partial charge is 0.485 e. The number of hydrogen-bond donors (Lipinski definition) is 1. The van der Waals surface area contributed by atoms with Gasteiger partial charge < -0.3 is 14.4 Å². The Balaban J connectivity index is 1.62. The zero-order valence-electron chi connectivity index (χ0n) is 17.9. The third kappa shape index (κ3) is 4.27.